The van der Waals surface area contributed by atoms with Crippen LogP contribution in [0.1, 0.15) is 16.7 Å². The van der Waals surface area contributed by atoms with Crippen molar-refractivity contribution in [3.8, 4) is 23.0 Å². The molecule has 0 amide bonds. The SMILES string of the molecule is COc1ccc(CN(c2nccs2)S(=O)(=O)c2ccc(Oc3cc(C(F)(F)F)cc(C(F)(F)F)c3)cc2)c(OC)c1. The van der Waals surface area contributed by atoms with E-state index in [-0.39, 0.29) is 28.4 Å². The average Bonchev–Trinajstić information content (AvgIpc) is 3.45. The minimum Gasteiger partial charge on any atom is -0.497 e. The molecule has 0 fully saturated rings. The molecule has 0 radical (unpaired) electrons. The molecule has 0 aliphatic carbocycles. The zero-order valence-electron chi connectivity index (χ0n) is 21.2. The first kappa shape index (κ1) is 30.0. The van der Waals surface area contributed by atoms with Crippen molar-refractivity contribution in [1.82, 2.24) is 4.98 Å². The second-order valence-electron chi connectivity index (χ2n) is 8.32. The average molecular weight is 619 g/mol. The lowest BCUT2D eigenvalue weighted by Gasteiger charge is -2.23. The maximum Gasteiger partial charge on any atom is 0.416 e. The topological polar surface area (TPSA) is 78.0 Å². The van der Waals surface area contributed by atoms with Gasteiger partial charge in [0.25, 0.3) is 10.0 Å². The molecule has 0 unspecified atom stereocenters. The van der Waals surface area contributed by atoms with Gasteiger partial charge in [0.1, 0.15) is 23.0 Å². The van der Waals surface area contributed by atoms with Crippen LogP contribution in [0, 0.1) is 0 Å². The van der Waals surface area contributed by atoms with Crippen LogP contribution in [-0.2, 0) is 28.9 Å². The van der Waals surface area contributed by atoms with Gasteiger partial charge in [-0.2, -0.15) is 26.3 Å². The molecule has 0 spiro atoms. The minimum absolute atomic E-state index is 0.0203. The Morgan fingerprint density at radius 3 is 1.93 bits per heavy atom. The number of rotatable bonds is 9. The van der Waals surface area contributed by atoms with Gasteiger partial charge in [-0.3, -0.25) is 0 Å². The first-order chi connectivity index (χ1) is 19.2. The third-order valence-electron chi connectivity index (χ3n) is 5.65. The van der Waals surface area contributed by atoms with Gasteiger partial charge in [0, 0.05) is 23.2 Å². The summed E-state index contributed by atoms with van der Waals surface area (Å²) in [7, 11) is -1.38. The maximum atomic E-state index is 13.7. The molecule has 0 bridgehead atoms. The highest BCUT2D eigenvalue weighted by Crippen LogP contribution is 2.39. The molecule has 15 heteroatoms. The van der Waals surface area contributed by atoms with Crippen LogP contribution in [0.5, 0.6) is 23.0 Å². The van der Waals surface area contributed by atoms with Crippen LogP contribution in [0.2, 0.25) is 0 Å². The number of anilines is 1. The molecular formula is C26H20F6N2O5S2. The predicted molar refractivity (Wildman–Crippen MR) is 138 cm³/mol. The molecule has 0 N–H and O–H groups in total. The second-order valence-corrected chi connectivity index (χ2v) is 11.1. The molecule has 0 aliphatic heterocycles. The number of alkyl halides is 6. The van der Waals surface area contributed by atoms with E-state index in [9.17, 15) is 34.8 Å². The maximum absolute atomic E-state index is 13.7. The van der Waals surface area contributed by atoms with Crippen molar-refractivity contribution in [3.63, 3.8) is 0 Å². The van der Waals surface area contributed by atoms with Crippen molar-refractivity contribution in [3.05, 3.63) is 88.9 Å². The van der Waals surface area contributed by atoms with Gasteiger partial charge < -0.3 is 14.2 Å². The molecule has 218 valence electrons. The summed E-state index contributed by atoms with van der Waals surface area (Å²) in [5.74, 6) is -0.0510. The summed E-state index contributed by atoms with van der Waals surface area (Å²) in [4.78, 5) is 3.89. The van der Waals surface area contributed by atoms with Gasteiger partial charge in [-0.1, -0.05) is 0 Å². The molecule has 0 saturated heterocycles. The fourth-order valence-electron chi connectivity index (χ4n) is 3.66. The van der Waals surface area contributed by atoms with E-state index in [2.05, 4.69) is 4.98 Å². The fraction of sp³-hybridized carbons (Fsp3) is 0.192. The molecule has 4 rings (SSSR count). The number of thiazole rings is 1. The van der Waals surface area contributed by atoms with Crippen LogP contribution >= 0.6 is 11.3 Å². The molecule has 1 aromatic heterocycles. The summed E-state index contributed by atoms with van der Waals surface area (Å²) in [6.45, 7) is -0.175. The van der Waals surface area contributed by atoms with E-state index in [0.717, 1.165) is 39.9 Å². The van der Waals surface area contributed by atoms with Gasteiger partial charge in [-0.05, 0) is 54.6 Å². The van der Waals surface area contributed by atoms with Gasteiger partial charge >= 0.3 is 12.4 Å². The number of nitrogens with zero attached hydrogens (tertiary/aromatic N) is 2. The van der Waals surface area contributed by atoms with Gasteiger partial charge in [-0.25, -0.2) is 17.7 Å². The summed E-state index contributed by atoms with van der Waals surface area (Å²) in [5, 5.41) is 1.73. The quantitative estimate of drug-likeness (QED) is 0.182. The molecule has 41 heavy (non-hydrogen) atoms. The van der Waals surface area contributed by atoms with E-state index < -0.39 is 39.3 Å². The molecule has 4 aromatic rings. The smallest absolute Gasteiger partial charge is 0.416 e. The summed E-state index contributed by atoms with van der Waals surface area (Å²) in [6.07, 6.45) is -8.68. The van der Waals surface area contributed by atoms with Crippen LogP contribution in [0.15, 0.2) is 77.1 Å². The van der Waals surface area contributed by atoms with E-state index in [1.54, 1.807) is 23.6 Å². The first-order valence-corrected chi connectivity index (χ1v) is 13.7. The van der Waals surface area contributed by atoms with Crippen LogP contribution in [-0.4, -0.2) is 27.6 Å². The van der Waals surface area contributed by atoms with Crippen LogP contribution in [0.4, 0.5) is 31.5 Å². The highest BCUT2D eigenvalue weighted by molar-refractivity contribution is 7.93. The van der Waals surface area contributed by atoms with Gasteiger partial charge in [-0.15, -0.1) is 11.3 Å². The third kappa shape index (κ3) is 6.85. The van der Waals surface area contributed by atoms with Crippen molar-refractivity contribution in [2.24, 2.45) is 0 Å². The second kappa shape index (κ2) is 11.5. The van der Waals surface area contributed by atoms with E-state index in [1.165, 1.54) is 20.4 Å². The minimum atomic E-state index is -5.05. The zero-order valence-corrected chi connectivity index (χ0v) is 22.8. The van der Waals surface area contributed by atoms with Crippen LogP contribution in [0.3, 0.4) is 0 Å². The highest BCUT2D eigenvalue weighted by atomic mass is 32.2. The van der Waals surface area contributed by atoms with Crippen molar-refractivity contribution in [2.75, 3.05) is 18.5 Å². The summed E-state index contributed by atoms with van der Waals surface area (Å²) in [6, 6.07) is 10.2. The number of halogens is 6. The number of ether oxygens (including phenoxy) is 3. The molecule has 1 heterocycles. The summed E-state index contributed by atoms with van der Waals surface area (Å²) >= 11 is 1.07. The summed E-state index contributed by atoms with van der Waals surface area (Å²) < 4.78 is 123. The van der Waals surface area contributed by atoms with Crippen molar-refractivity contribution in [2.45, 2.75) is 23.8 Å². The number of hydrogen-bond acceptors (Lipinski definition) is 7. The molecule has 3 aromatic carbocycles. The highest BCUT2D eigenvalue weighted by Gasteiger charge is 2.37. The lowest BCUT2D eigenvalue weighted by molar-refractivity contribution is -0.143. The Bertz CT molecular complexity index is 1570. The van der Waals surface area contributed by atoms with Gasteiger partial charge in [0.05, 0.1) is 36.8 Å². The Balaban J connectivity index is 1.65. The monoisotopic (exact) mass is 618 g/mol. The van der Waals surface area contributed by atoms with E-state index in [0.29, 0.717) is 29.2 Å². The van der Waals surface area contributed by atoms with Gasteiger partial charge in [0.15, 0.2) is 5.13 Å². The molecule has 0 aliphatic rings. The van der Waals surface area contributed by atoms with Crippen LogP contribution in [0.25, 0.3) is 0 Å². The molecular weight excluding hydrogens is 598 g/mol. The summed E-state index contributed by atoms with van der Waals surface area (Å²) in [5.41, 5.74) is -2.60. The number of methoxy groups -OCH3 is 2. The normalized spacial score (nSPS) is 12.2. The molecule has 7 nitrogen and oxygen atoms in total. The van der Waals surface area contributed by atoms with Crippen molar-refractivity contribution >= 4 is 26.5 Å². The Morgan fingerprint density at radius 2 is 1.41 bits per heavy atom. The predicted octanol–water partition coefficient (Wildman–Crippen LogP) is 7.39. The van der Waals surface area contributed by atoms with Crippen molar-refractivity contribution < 1.29 is 49.0 Å². The number of benzene rings is 3. The third-order valence-corrected chi connectivity index (χ3v) is 8.31. The Kier molecular flexibility index (Phi) is 8.40. The largest absolute Gasteiger partial charge is 0.497 e. The van der Waals surface area contributed by atoms with Crippen LogP contribution < -0.4 is 18.5 Å². The zero-order chi connectivity index (χ0) is 30.0. The van der Waals surface area contributed by atoms with E-state index in [1.807, 2.05) is 0 Å². The molecule has 0 atom stereocenters. The standard InChI is InChI=1S/C26H20F6N2O5S2/c1-37-20-4-3-16(23(14-20)38-2)15-34(24-33-9-10-40-24)41(35,36)22-7-5-19(6-8-22)39-21-12-17(25(27,28)29)11-18(13-21)26(30,31)32/h3-14H,15H2,1-2H3. The van der Waals surface area contributed by atoms with E-state index >= 15 is 0 Å². The Morgan fingerprint density at radius 1 is 0.805 bits per heavy atom. The fourth-order valence-corrected chi connectivity index (χ4v) is 5.93. The Hall–Kier alpha value is -3.98. The van der Waals surface area contributed by atoms with Crippen molar-refractivity contribution in [1.29, 1.82) is 0 Å². The van der Waals surface area contributed by atoms with E-state index in [4.69, 9.17) is 14.2 Å². The lowest BCUT2D eigenvalue weighted by Crippen LogP contribution is -2.30. The number of hydrogen-bond donors (Lipinski definition) is 0. The molecule has 0 saturated carbocycles. The lowest BCUT2D eigenvalue weighted by atomic mass is 10.1. The number of sulfonamides is 1. The Labute approximate surface area is 234 Å². The number of aromatic nitrogens is 1. The first-order valence-electron chi connectivity index (χ1n) is 11.4. The van der Waals surface area contributed by atoms with Gasteiger partial charge in [0.2, 0.25) is 0 Å².